The Balaban J connectivity index is 2.57. The van der Waals surface area contributed by atoms with E-state index in [-0.39, 0.29) is 12.0 Å². The summed E-state index contributed by atoms with van der Waals surface area (Å²) in [6.07, 6.45) is 40.7. The van der Waals surface area contributed by atoms with Gasteiger partial charge in [0.25, 0.3) is 0 Å². The minimum absolute atomic E-state index is 0.152. The normalized spacial score (nSPS) is 20.7. The Morgan fingerprint density at radius 3 is 1.85 bits per heavy atom. The molecule has 0 aromatic carbocycles. The van der Waals surface area contributed by atoms with Gasteiger partial charge in [0.1, 0.15) is 0 Å². The molecule has 0 aromatic rings. The first-order chi connectivity index (χ1) is 21.8. The Bertz CT molecular complexity index is 1270. The highest BCUT2D eigenvalue weighted by molar-refractivity contribution is 5.31. The fourth-order valence-electron chi connectivity index (χ4n) is 5.91. The third-order valence-electron chi connectivity index (χ3n) is 9.34. The minimum atomic E-state index is 0.152. The van der Waals surface area contributed by atoms with E-state index in [0.29, 0.717) is 11.8 Å². The molecular formula is C45H68O. The van der Waals surface area contributed by atoms with Gasteiger partial charge in [-0.3, -0.25) is 0 Å². The number of hydrogen-bond donors (Lipinski definition) is 1. The van der Waals surface area contributed by atoms with Crippen LogP contribution in [0.25, 0.3) is 0 Å². The maximum Gasteiger partial charge on any atom is 0.0639 e. The molecule has 2 unspecified atom stereocenters. The van der Waals surface area contributed by atoms with E-state index in [1.165, 1.54) is 45.4 Å². The quantitative estimate of drug-likeness (QED) is 0.119. The Labute approximate surface area is 285 Å². The van der Waals surface area contributed by atoms with Gasteiger partial charge in [0.05, 0.1) is 6.61 Å². The van der Waals surface area contributed by atoms with Crippen molar-refractivity contribution in [1.82, 2.24) is 0 Å². The van der Waals surface area contributed by atoms with Crippen LogP contribution >= 0.6 is 0 Å². The van der Waals surface area contributed by atoms with Gasteiger partial charge in [-0.1, -0.05) is 143 Å². The molecule has 0 saturated heterocycles. The van der Waals surface area contributed by atoms with Crippen LogP contribution in [0.15, 0.2) is 130 Å². The molecule has 1 rings (SSSR count). The van der Waals surface area contributed by atoms with Gasteiger partial charge in [-0.05, 0) is 125 Å². The molecule has 0 radical (unpaired) electrons. The van der Waals surface area contributed by atoms with Gasteiger partial charge in [-0.25, -0.2) is 0 Å². The minimum Gasteiger partial charge on any atom is -0.392 e. The van der Waals surface area contributed by atoms with Crippen molar-refractivity contribution in [2.75, 3.05) is 6.61 Å². The predicted molar refractivity (Wildman–Crippen MR) is 208 cm³/mol. The fourth-order valence-corrected chi connectivity index (χ4v) is 5.91. The van der Waals surface area contributed by atoms with Gasteiger partial charge in [0.2, 0.25) is 0 Å². The maximum atomic E-state index is 9.39. The summed E-state index contributed by atoms with van der Waals surface area (Å²) in [5.74, 6) is 0.996. The molecule has 2 atom stereocenters. The van der Waals surface area contributed by atoms with Crippen LogP contribution in [0.3, 0.4) is 0 Å². The fraction of sp³-hybridized carbons (Fsp3) is 0.511. The lowest BCUT2D eigenvalue weighted by atomic mass is 9.61. The van der Waals surface area contributed by atoms with Gasteiger partial charge < -0.3 is 5.11 Å². The van der Waals surface area contributed by atoms with Crippen LogP contribution in [0.4, 0.5) is 0 Å². The molecule has 1 aliphatic carbocycles. The molecule has 0 fully saturated rings. The van der Waals surface area contributed by atoms with Gasteiger partial charge in [-0.15, -0.1) is 0 Å². The number of allylic oxidation sites excluding steroid dienone is 21. The van der Waals surface area contributed by atoms with E-state index in [1.807, 2.05) is 6.92 Å². The second-order valence-electron chi connectivity index (χ2n) is 14.6. The Kier molecular flexibility index (Phi) is 20.2. The molecule has 0 saturated carbocycles. The van der Waals surface area contributed by atoms with E-state index >= 15 is 0 Å². The molecule has 1 heteroatoms. The second-order valence-corrected chi connectivity index (χ2v) is 14.6. The molecule has 0 bridgehead atoms. The largest absolute Gasteiger partial charge is 0.392 e. The Morgan fingerprint density at radius 1 is 0.696 bits per heavy atom. The summed E-state index contributed by atoms with van der Waals surface area (Å²) in [7, 11) is 0. The number of aliphatic hydroxyl groups excluding tert-OH is 1. The van der Waals surface area contributed by atoms with Crippen LogP contribution < -0.4 is 0 Å². The average Bonchev–Trinajstić information content (AvgIpc) is 2.98. The van der Waals surface area contributed by atoms with Crippen LogP contribution in [-0.4, -0.2) is 11.7 Å². The topological polar surface area (TPSA) is 20.2 Å². The monoisotopic (exact) mass is 625 g/mol. The van der Waals surface area contributed by atoms with Gasteiger partial charge in [0, 0.05) is 5.92 Å². The van der Waals surface area contributed by atoms with Gasteiger partial charge >= 0.3 is 0 Å². The molecule has 0 heterocycles. The van der Waals surface area contributed by atoms with Gasteiger partial charge in [-0.2, -0.15) is 0 Å². The summed E-state index contributed by atoms with van der Waals surface area (Å²) in [6.45, 7) is 24.7. The van der Waals surface area contributed by atoms with Crippen molar-refractivity contribution >= 4 is 0 Å². The summed E-state index contributed by atoms with van der Waals surface area (Å²) in [6, 6.07) is 0. The second kappa shape index (κ2) is 22.6. The van der Waals surface area contributed by atoms with Crippen molar-refractivity contribution in [1.29, 1.82) is 0 Å². The average molecular weight is 625 g/mol. The molecule has 1 N–H and O–H groups in total. The van der Waals surface area contributed by atoms with Crippen LogP contribution in [-0.2, 0) is 0 Å². The van der Waals surface area contributed by atoms with E-state index in [2.05, 4.69) is 154 Å². The van der Waals surface area contributed by atoms with Crippen molar-refractivity contribution in [3.63, 3.8) is 0 Å². The Morgan fingerprint density at radius 2 is 1.24 bits per heavy atom. The molecule has 1 nitrogen and oxygen atoms in total. The van der Waals surface area contributed by atoms with Crippen LogP contribution in [0.2, 0.25) is 0 Å². The van der Waals surface area contributed by atoms with Crippen molar-refractivity contribution < 1.29 is 5.11 Å². The highest BCUT2D eigenvalue weighted by Crippen LogP contribution is 2.47. The maximum absolute atomic E-state index is 9.39. The van der Waals surface area contributed by atoms with Crippen LogP contribution in [0, 0.1) is 17.3 Å². The first kappa shape index (κ1) is 41.1. The molecule has 0 aliphatic heterocycles. The first-order valence-corrected chi connectivity index (χ1v) is 17.7. The number of aliphatic hydroxyl groups is 1. The standard InChI is InChI=1S/C45H68O/c1-35(2)18-14-21-38(5)24-16-26-39(6)25-15-22-36(3)19-12-13-20-37(4)23-17-27-40(7)29-33-44-42(9)30-32-43(45(44,10)11)31-28-41(8)34-46/h12-13,17-20,23-25,27-30,33,43-44,46H,14-16,21-22,26,31-32,34H2,1-11H3. The van der Waals surface area contributed by atoms with E-state index in [9.17, 15) is 5.11 Å². The van der Waals surface area contributed by atoms with Crippen LogP contribution in [0.5, 0.6) is 0 Å². The van der Waals surface area contributed by atoms with Crippen molar-refractivity contribution in [2.24, 2.45) is 17.3 Å². The van der Waals surface area contributed by atoms with E-state index in [0.717, 1.165) is 50.5 Å². The number of hydrogen-bond acceptors (Lipinski definition) is 1. The molecule has 1 aliphatic rings. The summed E-state index contributed by atoms with van der Waals surface area (Å²) < 4.78 is 0. The van der Waals surface area contributed by atoms with E-state index in [1.54, 1.807) is 0 Å². The molecule has 254 valence electrons. The van der Waals surface area contributed by atoms with Crippen molar-refractivity contribution in [3.05, 3.63) is 130 Å². The summed E-state index contributed by atoms with van der Waals surface area (Å²) in [5.41, 5.74) is 11.0. The lowest BCUT2D eigenvalue weighted by Gasteiger charge is -2.43. The third-order valence-corrected chi connectivity index (χ3v) is 9.34. The first-order valence-electron chi connectivity index (χ1n) is 17.7. The highest BCUT2D eigenvalue weighted by atomic mass is 16.3. The van der Waals surface area contributed by atoms with Crippen LogP contribution in [0.1, 0.15) is 128 Å². The molecule has 0 aromatic heterocycles. The lowest BCUT2D eigenvalue weighted by molar-refractivity contribution is 0.154. The summed E-state index contributed by atoms with van der Waals surface area (Å²) in [5, 5.41) is 9.39. The molecular weight excluding hydrogens is 556 g/mol. The Hall–Kier alpha value is -2.90. The smallest absolute Gasteiger partial charge is 0.0639 e. The molecule has 0 amide bonds. The molecule has 46 heavy (non-hydrogen) atoms. The van der Waals surface area contributed by atoms with Crippen molar-refractivity contribution in [3.8, 4) is 0 Å². The SMILES string of the molecule is CC(C)=CCCC(C)=CCCC(C)=CCCC(C)=CC=CC=C(C)C=CC=C(C)C=CC1C(C)=CCC(CC=C(C)CO)C1(C)C. The zero-order chi connectivity index (χ0) is 34.5. The number of rotatable bonds is 18. The zero-order valence-electron chi connectivity index (χ0n) is 31.5. The van der Waals surface area contributed by atoms with E-state index < -0.39 is 0 Å². The predicted octanol–water partition coefficient (Wildman–Crippen LogP) is 13.6. The van der Waals surface area contributed by atoms with Crippen molar-refractivity contribution in [2.45, 2.75) is 128 Å². The van der Waals surface area contributed by atoms with Gasteiger partial charge in [0.15, 0.2) is 0 Å². The molecule has 0 spiro atoms. The summed E-state index contributed by atoms with van der Waals surface area (Å²) >= 11 is 0. The zero-order valence-corrected chi connectivity index (χ0v) is 31.5. The van der Waals surface area contributed by atoms with E-state index in [4.69, 9.17) is 0 Å². The summed E-state index contributed by atoms with van der Waals surface area (Å²) in [4.78, 5) is 0. The third kappa shape index (κ3) is 17.7. The lowest BCUT2D eigenvalue weighted by Crippen LogP contribution is -2.35. The highest BCUT2D eigenvalue weighted by Gasteiger charge is 2.38.